The molecule has 0 unspecified atom stereocenters. The van der Waals surface area contributed by atoms with E-state index in [9.17, 15) is 0 Å². The fourth-order valence-corrected chi connectivity index (χ4v) is 7.26. The molecule has 0 saturated carbocycles. The molecule has 0 atom stereocenters. The van der Waals surface area contributed by atoms with Crippen molar-refractivity contribution in [1.29, 1.82) is 0 Å². The number of para-hydroxylation sites is 3. The van der Waals surface area contributed by atoms with Crippen molar-refractivity contribution in [3.05, 3.63) is 127 Å². The Balaban J connectivity index is 1.51. The summed E-state index contributed by atoms with van der Waals surface area (Å²) in [5.41, 5.74) is 6.97. The molecule has 0 N–H and O–H groups in total. The number of thiazole rings is 1. The van der Waals surface area contributed by atoms with Crippen molar-refractivity contribution in [2.75, 3.05) is 0 Å². The molecule has 9 aromatic rings. The predicted octanol–water partition coefficient (Wildman–Crippen LogP) is 9.64. The van der Waals surface area contributed by atoms with E-state index in [-0.39, 0.29) is 0 Å². The Bertz CT molecular complexity index is 2360. The second kappa shape index (κ2) is 7.79. The molecule has 0 radical (unpaired) electrons. The highest BCUT2D eigenvalue weighted by atomic mass is 32.1. The van der Waals surface area contributed by atoms with Crippen LogP contribution in [-0.4, -0.2) is 14.1 Å². The third-order valence-electron chi connectivity index (χ3n) is 7.94. The molecule has 0 bridgehead atoms. The minimum absolute atomic E-state index is 0.995. The summed E-state index contributed by atoms with van der Waals surface area (Å²) in [5, 5.41) is 8.59. The molecule has 182 valence electrons. The van der Waals surface area contributed by atoms with Crippen LogP contribution in [0.15, 0.2) is 127 Å². The van der Waals surface area contributed by atoms with E-state index in [2.05, 4.69) is 137 Å². The van der Waals surface area contributed by atoms with Crippen molar-refractivity contribution in [3.63, 3.8) is 0 Å². The Hall–Kier alpha value is -4.93. The minimum Gasteiger partial charge on any atom is -0.309 e. The lowest BCUT2D eigenvalue weighted by Crippen LogP contribution is -1.95. The summed E-state index contributed by atoms with van der Waals surface area (Å²) >= 11 is 1.74. The number of nitrogens with zero attached hydrogens (tertiary/aromatic N) is 3. The van der Waals surface area contributed by atoms with Gasteiger partial charge in [0.1, 0.15) is 0 Å². The van der Waals surface area contributed by atoms with Gasteiger partial charge in [-0.3, -0.25) is 4.57 Å². The number of hydrogen-bond donors (Lipinski definition) is 0. The number of fused-ring (bicyclic) bond motifs is 9. The van der Waals surface area contributed by atoms with Crippen molar-refractivity contribution in [2.24, 2.45) is 0 Å². The van der Waals surface area contributed by atoms with Crippen LogP contribution in [0.1, 0.15) is 0 Å². The van der Waals surface area contributed by atoms with Crippen LogP contribution in [0.3, 0.4) is 0 Å². The molecule has 39 heavy (non-hydrogen) atoms. The van der Waals surface area contributed by atoms with E-state index < -0.39 is 0 Å². The maximum atomic E-state index is 5.07. The van der Waals surface area contributed by atoms with Gasteiger partial charge in [0.05, 0.1) is 32.3 Å². The summed E-state index contributed by atoms with van der Waals surface area (Å²) in [6.07, 6.45) is 0. The smallest absolute Gasteiger partial charge is 0.195 e. The van der Waals surface area contributed by atoms with E-state index >= 15 is 0 Å². The lowest BCUT2D eigenvalue weighted by atomic mass is 10.0. The van der Waals surface area contributed by atoms with Gasteiger partial charge in [-0.1, -0.05) is 90.2 Å². The van der Waals surface area contributed by atoms with Gasteiger partial charge in [0.2, 0.25) is 0 Å². The lowest BCUT2D eigenvalue weighted by Gasteiger charge is -2.09. The van der Waals surface area contributed by atoms with Gasteiger partial charge >= 0.3 is 0 Å². The topological polar surface area (TPSA) is 22.8 Å². The van der Waals surface area contributed by atoms with Crippen molar-refractivity contribution >= 4 is 75.9 Å². The molecule has 4 heteroatoms. The Kier molecular flexibility index (Phi) is 4.21. The standard InChI is InChI=1S/C35H21N3S/c1-2-11-23(12-3-1)37-30-19-18-22-10-4-5-13-24(22)34(30)27-20-26-25-14-6-8-16-29(25)38(31(26)21-32(27)37)35-36-28-15-7-9-17-33(28)39-35/h1-21H. The molecule has 0 fully saturated rings. The van der Waals surface area contributed by atoms with Gasteiger partial charge in [-0.2, -0.15) is 0 Å². The van der Waals surface area contributed by atoms with E-state index in [4.69, 9.17) is 4.98 Å². The van der Waals surface area contributed by atoms with Crippen molar-refractivity contribution in [3.8, 4) is 10.8 Å². The third kappa shape index (κ3) is 2.89. The van der Waals surface area contributed by atoms with E-state index in [0.717, 1.165) is 16.3 Å². The van der Waals surface area contributed by atoms with Crippen LogP contribution in [-0.2, 0) is 0 Å². The fourth-order valence-electron chi connectivity index (χ4n) is 6.27. The zero-order chi connectivity index (χ0) is 25.5. The second-order valence-corrected chi connectivity index (χ2v) is 11.1. The van der Waals surface area contributed by atoms with Gasteiger partial charge < -0.3 is 4.57 Å². The molecule has 6 aromatic carbocycles. The number of rotatable bonds is 2. The molecule has 3 nitrogen and oxygen atoms in total. The molecule has 0 aliphatic heterocycles. The number of hydrogen-bond acceptors (Lipinski definition) is 2. The first kappa shape index (κ1) is 21.1. The Morgan fingerprint density at radius 2 is 1.23 bits per heavy atom. The average molecular weight is 516 g/mol. The molecule has 0 saturated heterocycles. The maximum absolute atomic E-state index is 5.07. The first-order chi connectivity index (χ1) is 19.3. The Morgan fingerprint density at radius 3 is 2.13 bits per heavy atom. The van der Waals surface area contributed by atoms with E-state index in [1.807, 2.05) is 0 Å². The number of benzene rings is 6. The van der Waals surface area contributed by atoms with Crippen molar-refractivity contribution in [1.82, 2.24) is 14.1 Å². The molecule has 0 aliphatic carbocycles. The summed E-state index contributed by atoms with van der Waals surface area (Å²) in [5.74, 6) is 0. The first-order valence-corrected chi connectivity index (χ1v) is 14.0. The SMILES string of the molecule is c1ccc(-n2c3cc4c(cc3c3c5ccccc5ccc32)c2ccccc2n4-c2nc3ccccc3s2)cc1. The highest BCUT2D eigenvalue weighted by molar-refractivity contribution is 7.20. The Morgan fingerprint density at radius 1 is 0.487 bits per heavy atom. The summed E-state index contributed by atoms with van der Waals surface area (Å²) in [7, 11) is 0. The van der Waals surface area contributed by atoms with Gasteiger partial charge in [-0.25, -0.2) is 4.98 Å². The lowest BCUT2D eigenvalue weighted by molar-refractivity contribution is 1.14. The third-order valence-corrected chi connectivity index (χ3v) is 8.96. The molecule has 3 heterocycles. The highest BCUT2D eigenvalue weighted by Crippen LogP contribution is 2.42. The zero-order valence-electron chi connectivity index (χ0n) is 20.9. The zero-order valence-corrected chi connectivity index (χ0v) is 21.7. The van der Waals surface area contributed by atoms with Crippen molar-refractivity contribution in [2.45, 2.75) is 0 Å². The summed E-state index contributed by atoms with van der Waals surface area (Å²) < 4.78 is 5.96. The Labute approximate surface area is 227 Å². The molecular formula is C35H21N3S. The maximum Gasteiger partial charge on any atom is 0.195 e. The molecule has 9 rings (SSSR count). The normalized spacial score (nSPS) is 12.1. The monoisotopic (exact) mass is 515 g/mol. The highest BCUT2D eigenvalue weighted by Gasteiger charge is 2.20. The van der Waals surface area contributed by atoms with Gasteiger partial charge in [-0.15, -0.1) is 0 Å². The van der Waals surface area contributed by atoms with E-state index in [1.54, 1.807) is 11.3 Å². The van der Waals surface area contributed by atoms with Gasteiger partial charge in [0, 0.05) is 27.2 Å². The summed E-state index contributed by atoms with van der Waals surface area (Å²) in [6, 6.07) is 45.8. The van der Waals surface area contributed by atoms with Crippen LogP contribution >= 0.6 is 11.3 Å². The van der Waals surface area contributed by atoms with Crippen LogP contribution in [0.5, 0.6) is 0 Å². The minimum atomic E-state index is 0.995. The molecule has 0 spiro atoms. The van der Waals surface area contributed by atoms with E-state index in [1.165, 1.54) is 59.1 Å². The molecule has 3 aromatic heterocycles. The van der Waals surface area contributed by atoms with Crippen LogP contribution < -0.4 is 0 Å². The van der Waals surface area contributed by atoms with Gasteiger partial charge in [0.25, 0.3) is 0 Å². The predicted molar refractivity (Wildman–Crippen MR) is 166 cm³/mol. The van der Waals surface area contributed by atoms with Gasteiger partial charge in [-0.05, 0) is 59.3 Å². The summed E-state index contributed by atoms with van der Waals surface area (Å²) in [6.45, 7) is 0. The molecular weight excluding hydrogens is 494 g/mol. The van der Waals surface area contributed by atoms with Crippen LogP contribution in [0.2, 0.25) is 0 Å². The largest absolute Gasteiger partial charge is 0.309 e. The van der Waals surface area contributed by atoms with Crippen LogP contribution in [0.4, 0.5) is 0 Å². The van der Waals surface area contributed by atoms with Gasteiger partial charge in [0.15, 0.2) is 5.13 Å². The van der Waals surface area contributed by atoms with E-state index in [0.29, 0.717) is 0 Å². The van der Waals surface area contributed by atoms with Crippen molar-refractivity contribution < 1.29 is 0 Å². The van der Waals surface area contributed by atoms with Crippen LogP contribution in [0, 0.1) is 0 Å². The second-order valence-electron chi connectivity index (χ2n) is 10.1. The number of aromatic nitrogens is 3. The molecule has 0 aliphatic rings. The van der Waals surface area contributed by atoms with Crippen LogP contribution in [0.25, 0.3) is 75.4 Å². The summed E-state index contributed by atoms with van der Waals surface area (Å²) in [4.78, 5) is 5.07. The fraction of sp³-hybridized carbons (Fsp3) is 0. The molecule has 0 amide bonds. The quantitative estimate of drug-likeness (QED) is 0.225. The first-order valence-electron chi connectivity index (χ1n) is 13.2. The average Bonchev–Trinajstić information content (AvgIpc) is 3.66.